The Hall–Kier alpha value is -1.09. The summed E-state index contributed by atoms with van der Waals surface area (Å²) in [5, 5.41) is 1.42. The highest BCUT2D eigenvalue weighted by molar-refractivity contribution is 6.36. The van der Waals surface area contributed by atoms with E-state index < -0.39 is 0 Å². The van der Waals surface area contributed by atoms with E-state index in [1.54, 1.807) is 24.3 Å². The van der Waals surface area contributed by atoms with Crippen molar-refractivity contribution in [2.45, 2.75) is 0 Å². The van der Waals surface area contributed by atoms with E-state index in [1.165, 1.54) is 6.20 Å². The molecule has 86 valence electrons. The number of halogens is 3. The van der Waals surface area contributed by atoms with Gasteiger partial charge in [-0.25, -0.2) is 0 Å². The zero-order valence-electron chi connectivity index (χ0n) is 8.45. The molecule has 0 aliphatic heterocycles. The van der Waals surface area contributed by atoms with Gasteiger partial charge >= 0.3 is 0 Å². The Morgan fingerprint density at radius 2 is 1.76 bits per heavy atom. The van der Waals surface area contributed by atoms with Crippen LogP contribution in [0.3, 0.4) is 0 Å². The summed E-state index contributed by atoms with van der Waals surface area (Å²) in [6.07, 6.45) is 2.08. The molecule has 0 aliphatic rings. The zero-order valence-corrected chi connectivity index (χ0v) is 10.7. The van der Waals surface area contributed by atoms with Crippen LogP contribution in [0.25, 0.3) is 11.1 Å². The Balaban J connectivity index is 2.66. The third kappa shape index (κ3) is 2.60. The summed E-state index contributed by atoms with van der Waals surface area (Å²) in [5.74, 6) is 0. The third-order valence-corrected chi connectivity index (χ3v) is 2.97. The number of benzene rings is 1. The van der Waals surface area contributed by atoms with E-state index in [-0.39, 0.29) is 0 Å². The second-order valence-electron chi connectivity index (χ2n) is 3.33. The van der Waals surface area contributed by atoms with Crippen molar-refractivity contribution < 1.29 is 4.79 Å². The molecule has 1 heterocycles. The number of aldehydes is 1. The van der Waals surface area contributed by atoms with Crippen molar-refractivity contribution in [1.29, 1.82) is 0 Å². The van der Waals surface area contributed by atoms with Crippen LogP contribution < -0.4 is 0 Å². The molecule has 5 heteroatoms. The van der Waals surface area contributed by atoms with Gasteiger partial charge in [-0.15, -0.1) is 0 Å². The molecular formula is C12H6Cl3NO. The van der Waals surface area contributed by atoms with Crippen molar-refractivity contribution in [1.82, 2.24) is 4.98 Å². The van der Waals surface area contributed by atoms with Crippen molar-refractivity contribution in [3.63, 3.8) is 0 Å². The molecule has 17 heavy (non-hydrogen) atoms. The number of rotatable bonds is 2. The van der Waals surface area contributed by atoms with Crippen molar-refractivity contribution in [2.75, 3.05) is 0 Å². The van der Waals surface area contributed by atoms with Crippen molar-refractivity contribution in [3.8, 4) is 11.1 Å². The molecule has 1 aromatic heterocycles. The molecule has 0 aliphatic carbocycles. The number of carbonyl (C=O) groups is 1. The molecule has 2 nitrogen and oxygen atoms in total. The number of hydrogen-bond donors (Lipinski definition) is 0. The molecule has 0 saturated heterocycles. The molecule has 0 bridgehead atoms. The normalized spacial score (nSPS) is 10.3. The minimum absolute atomic E-state index is 0.290. The maximum atomic E-state index is 10.9. The van der Waals surface area contributed by atoms with Gasteiger partial charge in [0.2, 0.25) is 0 Å². The minimum atomic E-state index is 0.290. The fraction of sp³-hybridized carbons (Fsp3) is 0. The average Bonchev–Trinajstić information content (AvgIpc) is 2.29. The molecule has 0 unspecified atom stereocenters. The second kappa shape index (κ2) is 5.05. The van der Waals surface area contributed by atoms with Crippen LogP contribution in [0.5, 0.6) is 0 Å². The van der Waals surface area contributed by atoms with Gasteiger partial charge in [-0.3, -0.25) is 9.78 Å². The monoisotopic (exact) mass is 285 g/mol. The summed E-state index contributed by atoms with van der Waals surface area (Å²) in [5.41, 5.74) is 1.56. The molecule has 0 radical (unpaired) electrons. The van der Waals surface area contributed by atoms with Gasteiger partial charge in [0.05, 0.1) is 5.02 Å². The Morgan fingerprint density at radius 1 is 1.00 bits per heavy atom. The maximum Gasteiger partial charge on any atom is 0.169 e. The molecule has 2 aromatic rings. The third-order valence-electron chi connectivity index (χ3n) is 2.22. The summed E-state index contributed by atoms with van der Waals surface area (Å²) in [7, 11) is 0. The maximum absolute atomic E-state index is 10.9. The quantitative estimate of drug-likeness (QED) is 0.760. The lowest BCUT2D eigenvalue weighted by Gasteiger charge is -2.07. The van der Waals surface area contributed by atoms with Crippen LogP contribution >= 0.6 is 34.8 Å². The Bertz CT molecular complexity index is 584. The fourth-order valence-corrected chi connectivity index (χ4v) is 2.14. The Kier molecular flexibility index (Phi) is 3.67. The second-order valence-corrected chi connectivity index (χ2v) is 4.61. The fourth-order valence-electron chi connectivity index (χ4n) is 1.47. The zero-order chi connectivity index (χ0) is 12.4. The van der Waals surface area contributed by atoms with E-state index in [2.05, 4.69) is 4.98 Å². The molecule has 2 rings (SSSR count). The number of nitrogens with zero attached hydrogens (tertiary/aromatic N) is 1. The van der Waals surface area contributed by atoms with Gasteiger partial charge in [0.15, 0.2) is 6.29 Å². The smallest absolute Gasteiger partial charge is 0.169 e. The topological polar surface area (TPSA) is 30.0 Å². The summed E-state index contributed by atoms with van der Waals surface area (Å²) in [4.78, 5) is 14.9. The first-order chi connectivity index (χ1) is 8.11. The highest BCUT2D eigenvalue weighted by Gasteiger charge is 2.10. The number of pyridine rings is 1. The van der Waals surface area contributed by atoms with E-state index in [1.807, 2.05) is 0 Å². The van der Waals surface area contributed by atoms with Crippen LogP contribution in [0.2, 0.25) is 15.1 Å². The predicted octanol–water partition coefficient (Wildman–Crippen LogP) is 4.52. The van der Waals surface area contributed by atoms with Crippen LogP contribution in [0.4, 0.5) is 0 Å². The minimum Gasteiger partial charge on any atom is -0.296 e. The summed E-state index contributed by atoms with van der Waals surface area (Å²) in [6, 6.07) is 6.67. The van der Waals surface area contributed by atoms with Gasteiger partial charge in [0.25, 0.3) is 0 Å². The van der Waals surface area contributed by atoms with Gasteiger partial charge in [-0.05, 0) is 18.2 Å². The van der Waals surface area contributed by atoms with E-state index >= 15 is 0 Å². The Labute approximate surface area is 113 Å². The largest absolute Gasteiger partial charge is 0.296 e. The van der Waals surface area contributed by atoms with Crippen LogP contribution in [0, 0.1) is 0 Å². The van der Waals surface area contributed by atoms with Crippen LogP contribution in [-0.4, -0.2) is 11.3 Å². The first-order valence-corrected chi connectivity index (χ1v) is 5.81. The first kappa shape index (κ1) is 12.4. The lowest BCUT2D eigenvalue weighted by atomic mass is 10.0. The van der Waals surface area contributed by atoms with Gasteiger partial charge in [0, 0.05) is 27.4 Å². The summed E-state index contributed by atoms with van der Waals surface area (Å²) in [6.45, 7) is 0. The van der Waals surface area contributed by atoms with Gasteiger partial charge in [0.1, 0.15) is 5.69 Å². The van der Waals surface area contributed by atoms with Crippen molar-refractivity contribution in [2.24, 2.45) is 0 Å². The molecule has 0 atom stereocenters. The Morgan fingerprint density at radius 3 is 2.41 bits per heavy atom. The van der Waals surface area contributed by atoms with Crippen molar-refractivity contribution >= 4 is 41.1 Å². The highest BCUT2D eigenvalue weighted by atomic mass is 35.5. The van der Waals surface area contributed by atoms with Gasteiger partial charge in [-0.2, -0.15) is 0 Å². The number of carbonyl (C=O) groups excluding carboxylic acids is 1. The van der Waals surface area contributed by atoms with Crippen LogP contribution in [-0.2, 0) is 0 Å². The van der Waals surface area contributed by atoms with E-state index in [0.29, 0.717) is 38.2 Å². The molecule has 0 fully saturated rings. The van der Waals surface area contributed by atoms with E-state index in [9.17, 15) is 4.79 Å². The lowest BCUT2D eigenvalue weighted by molar-refractivity contribution is 0.111. The molecule has 0 saturated carbocycles. The van der Waals surface area contributed by atoms with Crippen LogP contribution in [0.15, 0.2) is 30.5 Å². The van der Waals surface area contributed by atoms with Crippen LogP contribution in [0.1, 0.15) is 10.5 Å². The van der Waals surface area contributed by atoms with E-state index in [0.717, 1.165) is 0 Å². The number of hydrogen-bond acceptors (Lipinski definition) is 2. The lowest BCUT2D eigenvalue weighted by Crippen LogP contribution is -1.92. The summed E-state index contributed by atoms with van der Waals surface area (Å²) < 4.78 is 0. The molecule has 0 N–H and O–H groups in total. The average molecular weight is 287 g/mol. The molecule has 0 amide bonds. The highest BCUT2D eigenvalue weighted by Crippen LogP contribution is 2.32. The molecule has 0 spiro atoms. The van der Waals surface area contributed by atoms with Gasteiger partial charge < -0.3 is 0 Å². The number of aromatic nitrogens is 1. The SMILES string of the molecule is O=Cc1ncc(Cl)cc1-c1ccc(Cl)cc1Cl. The van der Waals surface area contributed by atoms with Crippen molar-refractivity contribution in [3.05, 3.63) is 51.2 Å². The molecule has 1 aromatic carbocycles. The standard InChI is InChI=1S/C12H6Cl3NO/c13-7-1-2-9(11(15)4-7)10-3-8(14)5-16-12(10)6-17/h1-6H. The predicted molar refractivity (Wildman–Crippen MR) is 70.1 cm³/mol. The van der Waals surface area contributed by atoms with Gasteiger partial charge in [-0.1, -0.05) is 40.9 Å². The first-order valence-electron chi connectivity index (χ1n) is 4.68. The summed E-state index contributed by atoms with van der Waals surface area (Å²) >= 11 is 17.7. The molecular weight excluding hydrogens is 280 g/mol. The van der Waals surface area contributed by atoms with E-state index in [4.69, 9.17) is 34.8 Å².